The predicted octanol–water partition coefficient (Wildman–Crippen LogP) is 3.58. The van der Waals surface area contributed by atoms with Gasteiger partial charge in [-0.2, -0.15) is 4.68 Å². The summed E-state index contributed by atoms with van der Waals surface area (Å²) < 4.78 is 7.07. The molecule has 0 bridgehead atoms. The molecule has 0 atom stereocenters. The molecular weight excluding hydrogens is 386 g/mol. The van der Waals surface area contributed by atoms with Crippen molar-refractivity contribution in [3.05, 3.63) is 90.4 Å². The van der Waals surface area contributed by atoms with Gasteiger partial charge in [0.05, 0.1) is 24.2 Å². The van der Waals surface area contributed by atoms with Crippen molar-refractivity contribution in [3.63, 3.8) is 0 Å². The van der Waals surface area contributed by atoms with E-state index in [0.717, 1.165) is 17.0 Å². The van der Waals surface area contributed by atoms with Crippen molar-refractivity contribution in [2.24, 2.45) is 0 Å². The standard InChI is InChI=1S/C21H19N5O2S/c27-20(16-29-21-22-23-24-26(21)18-10-5-2-6-11-18)25(15-19-12-7-13-28-19)14-17-8-3-1-4-9-17/h1-13H,14-16H2. The highest BCUT2D eigenvalue weighted by Crippen LogP contribution is 2.20. The highest BCUT2D eigenvalue weighted by atomic mass is 32.2. The molecule has 0 aliphatic carbocycles. The molecule has 0 saturated carbocycles. The van der Waals surface area contributed by atoms with Crippen LogP contribution in [0.15, 0.2) is 88.6 Å². The van der Waals surface area contributed by atoms with Crippen molar-refractivity contribution in [1.29, 1.82) is 0 Å². The van der Waals surface area contributed by atoms with Gasteiger partial charge in [0.25, 0.3) is 0 Å². The Hall–Kier alpha value is -3.39. The number of tetrazole rings is 1. The van der Waals surface area contributed by atoms with Gasteiger partial charge in [-0.05, 0) is 40.3 Å². The lowest BCUT2D eigenvalue weighted by molar-refractivity contribution is -0.129. The highest BCUT2D eigenvalue weighted by Gasteiger charge is 2.18. The summed E-state index contributed by atoms with van der Waals surface area (Å²) in [6.07, 6.45) is 1.61. The molecule has 2 aromatic carbocycles. The normalized spacial score (nSPS) is 10.8. The highest BCUT2D eigenvalue weighted by molar-refractivity contribution is 7.99. The first-order valence-corrected chi connectivity index (χ1v) is 10.1. The number of para-hydroxylation sites is 1. The molecular formula is C21H19N5O2S. The van der Waals surface area contributed by atoms with Crippen molar-refractivity contribution in [1.82, 2.24) is 25.1 Å². The summed E-state index contributed by atoms with van der Waals surface area (Å²) in [5.41, 5.74) is 1.91. The van der Waals surface area contributed by atoms with E-state index in [-0.39, 0.29) is 11.7 Å². The van der Waals surface area contributed by atoms with Crippen LogP contribution >= 0.6 is 11.8 Å². The zero-order valence-corrected chi connectivity index (χ0v) is 16.4. The third kappa shape index (κ3) is 4.91. The molecule has 8 heteroatoms. The Morgan fingerprint density at radius 3 is 2.45 bits per heavy atom. The fraction of sp³-hybridized carbons (Fsp3) is 0.143. The molecule has 0 fully saturated rings. The van der Waals surface area contributed by atoms with Gasteiger partial charge in [0.15, 0.2) is 0 Å². The van der Waals surface area contributed by atoms with Gasteiger partial charge < -0.3 is 9.32 Å². The molecule has 0 aliphatic heterocycles. The van der Waals surface area contributed by atoms with Crippen LogP contribution in [0.2, 0.25) is 0 Å². The SMILES string of the molecule is O=C(CSc1nnnn1-c1ccccc1)N(Cc1ccccc1)Cc1ccco1. The number of carbonyl (C=O) groups is 1. The van der Waals surface area contributed by atoms with E-state index in [1.54, 1.807) is 15.8 Å². The minimum atomic E-state index is -0.0159. The molecule has 29 heavy (non-hydrogen) atoms. The van der Waals surface area contributed by atoms with Crippen LogP contribution in [0.4, 0.5) is 0 Å². The lowest BCUT2D eigenvalue weighted by Gasteiger charge is -2.21. The van der Waals surface area contributed by atoms with Crippen LogP contribution < -0.4 is 0 Å². The lowest BCUT2D eigenvalue weighted by atomic mass is 10.2. The monoisotopic (exact) mass is 405 g/mol. The maximum atomic E-state index is 13.0. The number of hydrogen-bond donors (Lipinski definition) is 0. The molecule has 2 heterocycles. The van der Waals surface area contributed by atoms with E-state index in [2.05, 4.69) is 15.5 Å². The van der Waals surface area contributed by atoms with Gasteiger partial charge >= 0.3 is 0 Å². The molecule has 7 nitrogen and oxygen atoms in total. The number of carbonyl (C=O) groups excluding carboxylic acids is 1. The maximum Gasteiger partial charge on any atom is 0.233 e. The third-order valence-electron chi connectivity index (χ3n) is 4.26. The summed E-state index contributed by atoms with van der Waals surface area (Å²) in [6.45, 7) is 0.912. The molecule has 4 aromatic rings. The van der Waals surface area contributed by atoms with E-state index in [9.17, 15) is 4.79 Å². The minimum Gasteiger partial charge on any atom is -0.467 e. The average molecular weight is 405 g/mol. The van der Waals surface area contributed by atoms with Crippen LogP contribution in [0.1, 0.15) is 11.3 Å². The molecule has 1 amide bonds. The van der Waals surface area contributed by atoms with E-state index < -0.39 is 0 Å². The quantitative estimate of drug-likeness (QED) is 0.417. The molecule has 2 aromatic heterocycles. The maximum absolute atomic E-state index is 13.0. The summed E-state index contributed by atoms with van der Waals surface area (Å²) in [6, 6.07) is 23.2. The number of thioether (sulfide) groups is 1. The summed E-state index contributed by atoms with van der Waals surface area (Å²) in [5.74, 6) is 0.951. The van der Waals surface area contributed by atoms with E-state index >= 15 is 0 Å². The number of benzene rings is 2. The first kappa shape index (κ1) is 18.9. The Morgan fingerprint density at radius 1 is 0.966 bits per heavy atom. The second-order valence-corrected chi connectivity index (χ2v) is 7.25. The van der Waals surface area contributed by atoms with E-state index in [1.807, 2.05) is 72.8 Å². The number of rotatable bonds is 8. The number of hydrogen-bond acceptors (Lipinski definition) is 6. The van der Waals surface area contributed by atoms with Crippen molar-refractivity contribution in [3.8, 4) is 5.69 Å². The smallest absolute Gasteiger partial charge is 0.233 e. The molecule has 4 rings (SSSR count). The molecule has 0 aliphatic rings. The Morgan fingerprint density at radius 2 is 1.72 bits per heavy atom. The first-order valence-electron chi connectivity index (χ1n) is 9.10. The average Bonchev–Trinajstić information content (AvgIpc) is 3.45. The van der Waals surface area contributed by atoms with E-state index in [1.165, 1.54) is 11.8 Å². The largest absolute Gasteiger partial charge is 0.467 e. The molecule has 0 saturated heterocycles. The van der Waals surface area contributed by atoms with Gasteiger partial charge in [0.2, 0.25) is 11.1 Å². The van der Waals surface area contributed by atoms with Gasteiger partial charge in [-0.25, -0.2) is 0 Å². The van der Waals surface area contributed by atoms with Crippen LogP contribution in [0.25, 0.3) is 5.69 Å². The molecule has 0 spiro atoms. The zero-order valence-electron chi connectivity index (χ0n) is 15.6. The second kappa shape index (κ2) is 9.20. The summed E-state index contributed by atoms with van der Waals surface area (Å²) in [7, 11) is 0. The Bertz CT molecular complexity index is 1040. The Kier molecular flexibility index (Phi) is 6.01. The predicted molar refractivity (Wildman–Crippen MR) is 109 cm³/mol. The fourth-order valence-electron chi connectivity index (χ4n) is 2.84. The Balaban J connectivity index is 1.46. The van der Waals surface area contributed by atoms with Gasteiger partial charge in [-0.1, -0.05) is 60.3 Å². The summed E-state index contributed by atoms with van der Waals surface area (Å²) >= 11 is 1.31. The number of aromatic nitrogens is 4. The van der Waals surface area contributed by atoms with Crippen LogP contribution in [-0.4, -0.2) is 36.8 Å². The van der Waals surface area contributed by atoms with E-state index in [4.69, 9.17) is 4.42 Å². The number of furan rings is 1. The molecule has 0 N–H and O–H groups in total. The summed E-state index contributed by atoms with van der Waals surface area (Å²) in [5, 5.41) is 12.4. The van der Waals surface area contributed by atoms with Gasteiger partial charge in [-0.3, -0.25) is 4.79 Å². The van der Waals surface area contributed by atoms with Gasteiger partial charge in [0, 0.05) is 6.54 Å². The minimum absolute atomic E-state index is 0.0159. The zero-order chi connectivity index (χ0) is 19.9. The lowest BCUT2D eigenvalue weighted by Crippen LogP contribution is -2.31. The van der Waals surface area contributed by atoms with Crippen molar-refractivity contribution >= 4 is 17.7 Å². The first-order chi connectivity index (χ1) is 14.3. The molecule has 0 unspecified atom stereocenters. The van der Waals surface area contributed by atoms with Gasteiger partial charge in [0.1, 0.15) is 5.76 Å². The molecule has 0 radical (unpaired) electrons. The number of amides is 1. The third-order valence-corrected chi connectivity index (χ3v) is 5.17. The van der Waals surface area contributed by atoms with Crippen LogP contribution in [0, 0.1) is 0 Å². The van der Waals surface area contributed by atoms with Crippen molar-refractivity contribution < 1.29 is 9.21 Å². The van der Waals surface area contributed by atoms with Gasteiger partial charge in [-0.15, -0.1) is 5.10 Å². The fourth-order valence-corrected chi connectivity index (χ4v) is 3.64. The van der Waals surface area contributed by atoms with Crippen LogP contribution in [0.3, 0.4) is 0 Å². The summed E-state index contributed by atoms with van der Waals surface area (Å²) in [4.78, 5) is 14.8. The van der Waals surface area contributed by atoms with Crippen LogP contribution in [0.5, 0.6) is 0 Å². The number of nitrogens with zero attached hydrogens (tertiary/aromatic N) is 5. The van der Waals surface area contributed by atoms with E-state index in [0.29, 0.717) is 18.2 Å². The van der Waals surface area contributed by atoms with Crippen LogP contribution in [-0.2, 0) is 17.9 Å². The topological polar surface area (TPSA) is 77.1 Å². The van der Waals surface area contributed by atoms with Crippen molar-refractivity contribution in [2.45, 2.75) is 18.2 Å². The second-order valence-electron chi connectivity index (χ2n) is 6.31. The molecule has 146 valence electrons. The Labute approximate surface area is 172 Å². The van der Waals surface area contributed by atoms with Crippen molar-refractivity contribution in [2.75, 3.05) is 5.75 Å².